The van der Waals surface area contributed by atoms with E-state index >= 15 is 0 Å². The largest absolute Gasteiger partial charge is 0.465 e. The highest BCUT2D eigenvalue weighted by atomic mass is 19.3. The molecule has 7 heteroatoms. The molecule has 1 unspecified atom stereocenters. The summed E-state index contributed by atoms with van der Waals surface area (Å²) in [5.74, 6) is -3.04. The Morgan fingerprint density at radius 1 is 1.52 bits per heavy atom. The van der Waals surface area contributed by atoms with Crippen LogP contribution < -0.4 is 0 Å². The Morgan fingerprint density at radius 3 is 2.90 bits per heavy atom. The first kappa shape index (κ1) is 14.0. The van der Waals surface area contributed by atoms with Gasteiger partial charge in [-0.1, -0.05) is 12.2 Å². The van der Waals surface area contributed by atoms with Crippen molar-refractivity contribution in [3.63, 3.8) is 0 Å². The SMILES string of the molecule is C=C1CCn2nc3c(c2C(F)(F)C1)CN(C(=O)O)C(C)C3. The number of rotatable bonds is 0. The average molecular weight is 297 g/mol. The summed E-state index contributed by atoms with van der Waals surface area (Å²) in [5, 5.41) is 13.5. The Balaban J connectivity index is 2.09. The van der Waals surface area contributed by atoms with Gasteiger partial charge in [0.1, 0.15) is 5.69 Å². The first-order chi connectivity index (χ1) is 9.79. The molecule has 0 spiro atoms. The van der Waals surface area contributed by atoms with Crippen molar-refractivity contribution in [1.29, 1.82) is 0 Å². The van der Waals surface area contributed by atoms with E-state index in [0.717, 1.165) is 0 Å². The number of fused-ring (bicyclic) bond motifs is 3. The number of hydrogen-bond donors (Lipinski definition) is 1. The van der Waals surface area contributed by atoms with E-state index in [2.05, 4.69) is 11.7 Å². The Kier molecular flexibility index (Phi) is 3.04. The summed E-state index contributed by atoms with van der Waals surface area (Å²) in [6, 6.07) is -0.252. The van der Waals surface area contributed by atoms with Crippen LogP contribution in [-0.4, -0.2) is 31.9 Å². The highest BCUT2D eigenvalue weighted by Crippen LogP contribution is 2.42. The molecule has 0 bridgehead atoms. The fourth-order valence-corrected chi connectivity index (χ4v) is 3.17. The molecule has 1 amide bonds. The smallest absolute Gasteiger partial charge is 0.407 e. The summed E-state index contributed by atoms with van der Waals surface area (Å²) in [6.45, 7) is 5.79. The first-order valence-corrected chi connectivity index (χ1v) is 6.92. The molecule has 0 saturated carbocycles. The second-order valence-corrected chi connectivity index (χ2v) is 5.84. The lowest BCUT2D eigenvalue weighted by Crippen LogP contribution is -2.42. The number of amides is 1. The third-order valence-electron chi connectivity index (χ3n) is 4.22. The van der Waals surface area contributed by atoms with Crippen LogP contribution in [-0.2, 0) is 25.4 Å². The van der Waals surface area contributed by atoms with Gasteiger partial charge in [-0.15, -0.1) is 0 Å². The molecule has 114 valence electrons. The number of allylic oxidation sites excluding steroid dienone is 1. The van der Waals surface area contributed by atoms with Crippen molar-refractivity contribution in [3.05, 3.63) is 29.1 Å². The molecule has 2 aliphatic rings. The maximum Gasteiger partial charge on any atom is 0.407 e. The van der Waals surface area contributed by atoms with Gasteiger partial charge in [-0.3, -0.25) is 4.68 Å². The zero-order valence-corrected chi connectivity index (χ0v) is 11.8. The average Bonchev–Trinajstić information content (AvgIpc) is 2.67. The van der Waals surface area contributed by atoms with Crippen LogP contribution >= 0.6 is 0 Å². The maximum absolute atomic E-state index is 14.5. The van der Waals surface area contributed by atoms with Crippen LogP contribution in [0.3, 0.4) is 0 Å². The Hall–Kier alpha value is -1.92. The quantitative estimate of drug-likeness (QED) is 0.749. The molecule has 21 heavy (non-hydrogen) atoms. The fraction of sp³-hybridized carbons (Fsp3) is 0.571. The third-order valence-corrected chi connectivity index (χ3v) is 4.22. The van der Waals surface area contributed by atoms with E-state index in [9.17, 15) is 18.7 Å². The van der Waals surface area contributed by atoms with E-state index in [4.69, 9.17) is 0 Å². The minimum Gasteiger partial charge on any atom is -0.465 e. The summed E-state index contributed by atoms with van der Waals surface area (Å²) in [6.07, 6.45) is -0.636. The van der Waals surface area contributed by atoms with E-state index in [1.807, 2.05) is 0 Å². The van der Waals surface area contributed by atoms with Crippen LogP contribution in [0.1, 0.15) is 36.7 Å². The molecule has 1 N–H and O–H groups in total. The summed E-state index contributed by atoms with van der Waals surface area (Å²) in [5.41, 5.74) is 1.34. The van der Waals surface area contributed by atoms with E-state index < -0.39 is 18.4 Å². The van der Waals surface area contributed by atoms with Gasteiger partial charge in [-0.2, -0.15) is 13.9 Å². The van der Waals surface area contributed by atoms with E-state index in [0.29, 0.717) is 36.2 Å². The Morgan fingerprint density at radius 2 is 2.24 bits per heavy atom. The molecule has 3 heterocycles. The molecule has 3 rings (SSSR count). The predicted octanol–water partition coefficient (Wildman–Crippen LogP) is 2.75. The minimum atomic E-state index is -3.04. The highest BCUT2D eigenvalue weighted by Gasteiger charge is 2.44. The van der Waals surface area contributed by atoms with E-state index in [1.165, 1.54) is 9.58 Å². The number of carboxylic acid groups (broad SMARTS) is 1. The predicted molar refractivity (Wildman–Crippen MR) is 71.2 cm³/mol. The van der Waals surface area contributed by atoms with Gasteiger partial charge in [0.05, 0.1) is 12.2 Å². The minimum absolute atomic E-state index is 0.0246. The monoisotopic (exact) mass is 297 g/mol. The van der Waals surface area contributed by atoms with Gasteiger partial charge >= 0.3 is 6.09 Å². The van der Waals surface area contributed by atoms with Crippen LogP contribution in [0, 0.1) is 0 Å². The van der Waals surface area contributed by atoms with Crippen LogP contribution in [0.2, 0.25) is 0 Å². The van der Waals surface area contributed by atoms with Crippen molar-refractivity contribution in [2.75, 3.05) is 0 Å². The number of alkyl halides is 2. The van der Waals surface area contributed by atoms with Crippen molar-refractivity contribution >= 4 is 6.09 Å². The van der Waals surface area contributed by atoms with Crippen LogP contribution in [0.5, 0.6) is 0 Å². The summed E-state index contributed by atoms with van der Waals surface area (Å²) < 4.78 is 30.3. The van der Waals surface area contributed by atoms with Crippen molar-refractivity contribution in [2.24, 2.45) is 0 Å². The molecular weight excluding hydrogens is 280 g/mol. The number of halogens is 2. The topological polar surface area (TPSA) is 58.4 Å². The summed E-state index contributed by atoms with van der Waals surface area (Å²) >= 11 is 0. The van der Waals surface area contributed by atoms with Gasteiger partial charge in [0.15, 0.2) is 0 Å². The standard InChI is InChI=1S/C14H17F2N3O2/c1-8-3-4-19-12(14(15,16)6-8)10-7-18(13(20)21)9(2)5-11(10)17-19/h9H,1,3-7H2,2H3,(H,20,21). The van der Waals surface area contributed by atoms with E-state index in [-0.39, 0.29) is 18.3 Å². The molecule has 5 nitrogen and oxygen atoms in total. The lowest BCUT2D eigenvalue weighted by atomic mass is 9.96. The molecule has 0 aromatic carbocycles. The van der Waals surface area contributed by atoms with Crippen LogP contribution in [0.4, 0.5) is 13.6 Å². The second kappa shape index (κ2) is 4.54. The molecule has 1 aromatic heterocycles. The zero-order valence-electron chi connectivity index (χ0n) is 11.8. The molecule has 0 aliphatic carbocycles. The lowest BCUT2D eigenvalue weighted by molar-refractivity contribution is -0.0115. The van der Waals surface area contributed by atoms with Gasteiger partial charge in [0.25, 0.3) is 5.92 Å². The first-order valence-electron chi connectivity index (χ1n) is 6.92. The van der Waals surface area contributed by atoms with Gasteiger partial charge < -0.3 is 10.0 Å². The molecule has 0 saturated heterocycles. The molecule has 0 fully saturated rings. The summed E-state index contributed by atoms with van der Waals surface area (Å²) in [7, 11) is 0. The van der Waals surface area contributed by atoms with Gasteiger partial charge in [0.2, 0.25) is 0 Å². The third kappa shape index (κ3) is 2.20. The Bertz CT molecular complexity index is 624. The van der Waals surface area contributed by atoms with Gasteiger partial charge in [-0.05, 0) is 13.3 Å². The van der Waals surface area contributed by atoms with Crippen LogP contribution in [0.15, 0.2) is 12.2 Å². The zero-order chi connectivity index (χ0) is 15.4. The van der Waals surface area contributed by atoms with Crippen molar-refractivity contribution in [2.45, 2.75) is 51.2 Å². The number of hydrogen-bond acceptors (Lipinski definition) is 2. The van der Waals surface area contributed by atoms with Gasteiger partial charge in [0, 0.05) is 31.0 Å². The highest BCUT2D eigenvalue weighted by molar-refractivity contribution is 5.66. The normalized spacial score (nSPS) is 24.2. The molecule has 1 atom stereocenters. The van der Waals surface area contributed by atoms with Crippen molar-refractivity contribution < 1.29 is 18.7 Å². The second-order valence-electron chi connectivity index (χ2n) is 5.84. The molecule has 2 aliphatic heterocycles. The van der Waals surface area contributed by atoms with Crippen molar-refractivity contribution in [1.82, 2.24) is 14.7 Å². The molecule has 0 radical (unpaired) electrons. The number of nitrogens with zero attached hydrogens (tertiary/aromatic N) is 3. The molecular formula is C14H17F2N3O2. The van der Waals surface area contributed by atoms with Crippen molar-refractivity contribution in [3.8, 4) is 0 Å². The lowest BCUT2D eigenvalue weighted by Gasteiger charge is -2.31. The Labute approximate surface area is 120 Å². The molecule has 1 aromatic rings. The van der Waals surface area contributed by atoms with E-state index in [1.54, 1.807) is 6.92 Å². The number of carbonyl (C=O) groups is 1. The van der Waals surface area contributed by atoms with Gasteiger partial charge in [-0.25, -0.2) is 4.79 Å². The maximum atomic E-state index is 14.5. The summed E-state index contributed by atoms with van der Waals surface area (Å²) in [4.78, 5) is 12.4. The fourth-order valence-electron chi connectivity index (χ4n) is 3.17. The van der Waals surface area contributed by atoms with Crippen LogP contribution in [0.25, 0.3) is 0 Å². The number of aryl methyl sites for hydroxylation is 1. The number of aromatic nitrogens is 2.